The van der Waals surface area contributed by atoms with Gasteiger partial charge in [-0.3, -0.25) is 4.79 Å². The molecule has 0 unspecified atom stereocenters. The fraction of sp³-hybridized carbons (Fsp3) is 0.222. The first-order chi connectivity index (χ1) is 17.2. The first kappa shape index (κ1) is 22.6. The van der Waals surface area contributed by atoms with Crippen LogP contribution in [0.25, 0.3) is 11.0 Å². The quantitative estimate of drug-likeness (QED) is 0.344. The molecule has 1 aliphatic heterocycles. The van der Waals surface area contributed by atoms with Crippen molar-refractivity contribution in [3.8, 4) is 17.6 Å². The second-order valence-corrected chi connectivity index (χ2v) is 8.40. The number of rotatable bonds is 7. The van der Waals surface area contributed by atoms with Crippen molar-refractivity contribution in [1.29, 1.82) is 5.26 Å². The monoisotopic (exact) mass is 468 g/mol. The summed E-state index contributed by atoms with van der Waals surface area (Å²) in [7, 11) is 0. The number of H-pyrrole nitrogens is 1. The lowest BCUT2D eigenvalue weighted by molar-refractivity contribution is -0.0223. The topological polar surface area (TPSA) is 120 Å². The molecular weight excluding hydrogens is 444 g/mol. The first-order valence-electron chi connectivity index (χ1n) is 11.4. The van der Waals surface area contributed by atoms with Crippen LogP contribution in [0.4, 0.5) is 5.69 Å². The van der Waals surface area contributed by atoms with Crippen LogP contribution in [0, 0.1) is 11.3 Å². The number of nitriles is 1. The average Bonchev–Trinajstić information content (AvgIpc) is 3.34. The summed E-state index contributed by atoms with van der Waals surface area (Å²) in [5.41, 5.74) is 2.28. The summed E-state index contributed by atoms with van der Waals surface area (Å²) in [4.78, 5) is 21.0. The van der Waals surface area contributed by atoms with Crippen LogP contribution in [-0.4, -0.2) is 46.2 Å². The van der Waals surface area contributed by atoms with Crippen LogP contribution < -0.4 is 10.1 Å². The van der Waals surface area contributed by atoms with Crippen LogP contribution in [0.2, 0.25) is 0 Å². The van der Waals surface area contributed by atoms with E-state index in [1.807, 2.05) is 36.4 Å². The third kappa shape index (κ3) is 4.73. The molecule has 2 atom stereocenters. The lowest BCUT2D eigenvalue weighted by atomic mass is 9.98. The van der Waals surface area contributed by atoms with E-state index < -0.39 is 0 Å². The Morgan fingerprint density at radius 2 is 2.03 bits per heavy atom. The van der Waals surface area contributed by atoms with Crippen molar-refractivity contribution in [3.05, 3.63) is 83.7 Å². The predicted molar refractivity (Wildman–Crippen MR) is 131 cm³/mol. The molecule has 8 nitrogen and oxygen atoms in total. The lowest BCUT2D eigenvalue weighted by Crippen LogP contribution is -2.36. The number of para-hydroxylation sites is 1. The maximum atomic E-state index is 13.6. The number of hydrogen-bond acceptors (Lipinski definition) is 7. The lowest BCUT2D eigenvalue weighted by Gasteiger charge is -2.29. The van der Waals surface area contributed by atoms with Gasteiger partial charge in [-0.2, -0.15) is 5.26 Å². The zero-order valence-electron chi connectivity index (χ0n) is 18.9. The number of aromatic amines is 1. The Hall–Kier alpha value is -4.19. The van der Waals surface area contributed by atoms with Gasteiger partial charge in [0.1, 0.15) is 23.2 Å². The molecular formula is C27H24N4O4. The van der Waals surface area contributed by atoms with Gasteiger partial charge in [-0.15, -0.1) is 0 Å². The van der Waals surface area contributed by atoms with Crippen LogP contribution in [0.3, 0.4) is 0 Å². The van der Waals surface area contributed by atoms with E-state index in [1.165, 1.54) is 0 Å². The Kier molecular flexibility index (Phi) is 6.44. The molecule has 35 heavy (non-hydrogen) atoms. The SMILES string of the molecule is N#Cc1cc(Oc2ccccc2)ccc1C(=O)c1c[nH]c2nccc(N[C@@H]3CC[C@@H](CO)OC3)c12. The van der Waals surface area contributed by atoms with E-state index in [-0.39, 0.29) is 35.7 Å². The molecule has 3 N–H and O–H groups in total. The second-order valence-electron chi connectivity index (χ2n) is 8.40. The molecule has 1 aliphatic rings. The molecule has 0 spiro atoms. The highest BCUT2D eigenvalue weighted by Crippen LogP contribution is 2.31. The fourth-order valence-corrected chi connectivity index (χ4v) is 4.29. The number of aliphatic hydroxyl groups is 1. The van der Waals surface area contributed by atoms with E-state index in [4.69, 9.17) is 9.47 Å². The van der Waals surface area contributed by atoms with E-state index in [0.717, 1.165) is 18.5 Å². The number of benzene rings is 2. The molecule has 8 heteroatoms. The molecule has 0 saturated carbocycles. The molecule has 0 bridgehead atoms. The summed E-state index contributed by atoms with van der Waals surface area (Å²) < 4.78 is 11.5. The van der Waals surface area contributed by atoms with E-state index >= 15 is 0 Å². The Bertz CT molecular complexity index is 1390. The highest BCUT2D eigenvalue weighted by atomic mass is 16.5. The van der Waals surface area contributed by atoms with Gasteiger partial charge in [0.15, 0.2) is 5.78 Å². The largest absolute Gasteiger partial charge is 0.457 e. The maximum Gasteiger partial charge on any atom is 0.196 e. The van der Waals surface area contributed by atoms with Crippen molar-refractivity contribution in [2.24, 2.45) is 0 Å². The number of nitrogens with zero attached hydrogens (tertiary/aromatic N) is 2. The molecule has 0 aliphatic carbocycles. The van der Waals surface area contributed by atoms with Gasteiger partial charge in [-0.25, -0.2) is 4.98 Å². The average molecular weight is 469 g/mol. The number of ether oxygens (including phenoxy) is 2. The van der Waals surface area contributed by atoms with Crippen LogP contribution in [0.5, 0.6) is 11.5 Å². The zero-order valence-corrected chi connectivity index (χ0v) is 18.9. The van der Waals surface area contributed by atoms with Crippen LogP contribution in [-0.2, 0) is 4.74 Å². The molecule has 2 aromatic carbocycles. The Morgan fingerprint density at radius 3 is 2.77 bits per heavy atom. The van der Waals surface area contributed by atoms with Gasteiger partial charge >= 0.3 is 0 Å². The standard InChI is InChI=1S/C27H24N4O4/c28-13-17-12-20(35-19-4-2-1-3-5-19)8-9-22(17)26(33)23-14-30-27-25(23)24(10-11-29-27)31-18-6-7-21(15-32)34-16-18/h1-5,8-12,14,18,21,32H,6-7,15-16H2,(H2,29,30,31)/t18-,21+/m1/s1. The molecule has 4 aromatic rings. The number of nitrogens with one attached hydrogen (secondary N) is 2. The van der Waals surface area contributed by atoms with E-state index in [0.29, 0.717) is 34.7 Å². The van der Waals surface area contributed by atoms with E-state index in [1.54, 1.807) is 30.6 Å². The van der Waals surface area contributed by atoms with Gasteiger partial charge in [0.2, 0.25) is 0 Å². The van der Waals surface area contributed by atoms with Crippen molar-refractivity contribution in [1.82, 2.24) is 9.97 Å². The Balaban J connectivity index is 1.43. The first-order valence-corrected chi connectivity index (χ1v) is 11.4. The number of ketones is 1. The van der Waals surface area contributed by atoms with Gasteiger partial charge in [0.25, 0.3) is 0 Å². The summed E-state index contributed by atoms with van der Waals surface area (Å²) >= 11 is 0. The van der Waals surface area contributed by atoms with Gasteiger partial charge in [0, 0.05) is 29.7 Å². The molecule has 1 saturated heterocycles. The number of hydrogen-bond donors (Lipinski definition) is 3. The molecule has 176 valence electrons. The van der Waals surface area contributed by atoms with Crippen molar-refractivity contribution in [3.63, 3.8) is 0 Å². The number of pyridine rings is 1. The smallest absolute Gasteiger partial charge is 0.196 e. The normalized spacial score (nSPS) is 17.6. The van der Waals surface area contributed by atoms with Gasteiger partial charge in [0.05, 0.1) is 35.8 Å². The number of carbonyl (C=O) groups is 1. The molecule has 0 radical (unpaired) electrons. The van der Waals surface area contributed by atoms with E-state index in [2.05, 4.69) is 21.4 Å². The molecule has 2 aromatic heterocycles. The van der Waals surface area contributed by atoms with Gasteiger partial charge < -0.3 is 24.9 Å². The van der Waals surface area contributed by atoms with Crippen molar-refractivity contribution >= 4 is 22.5 Å². The number of carbonyl (C=O) groups excluding carboxylic acids is 1. The maximum absolute atomic E-state index is 13.6. The highest BCUT2D eigenvalue weighted by molar-refractivity contribution is 6.19. The number of fused-ring (bicyclic) bond motifs is 1. The number of anilines is 1. The summed E-state index contributed by atoms with van der Waals surface area (Å²) in [6, 6.07) is 18.1. The van der Waals surface area contributed by atoms with Gasteiger partial charge in [-0.05, 0) is 49.2 Å². The second kappa shape index (κ2) is 9.97. The zero-order chi connectivity index (χ0) is 24.2. The molecule has 3 heterocycles. The summed E-state index contributed by atoms with van der Waals surface area (Å²) in [6.07, 6.45) is 4.76. The third-order valence-corrected chi connectivity index (χ3v) is 6.09. The molecule has 0 amide bonds. The number of aromatic nitrogens is 2. The fourth-order valence-electron chi connectivity index (χ4n) is 4.29. The third-order valence-electron chi connectivity index (χ3n) is 6.09. The van der Waals surface area contributed by atoms with Crippen molar-refractivity contribution in [2.75, 3.05) is 18.5 Å². The van der Waals surface area contributed by atoms with Crippen LogP contribution in [0.15, 0.2) is 67.0 Å². The summed E-state index contributed by atoms with van der Waals surface area (Å²) in [5, 5.41) is 23.2. The minimum atomic E-state index is -0.282. The van der Waals surface area contributed by atoms with Crippen LogP contribution >= 0.6 is 0 Å². The minimum Gasteiger partial charge on any atom is -0.457 e. The van der Waals surface area contributed by atoms with Gasteiger partial charge in [-0.1, -0.05) is 18.2 Å². The summed E-state index contributed by atoms with van der Waals surface area (Å²) in [6.45, 7) is 0.475. The summed E-state index contributed by atoms with van der Waals surface area (Å²) in [5.74, 6) is 0.840. The van der Waals surface area contributed by atoms with Crippen molar-refractivity contribution < 1.29 is 19.4 Å². The minimum absolute atomic E-state index is 0.0130. The van der Waals surface area contributed by atoms with E-state index in [9.17, 15) is 15.2 Å². The highest BCUT2D eigenvalue weighted by Gasteiger charge is 2.24. The molecule has 5 rings (SSSR count). The predicted octanol–water partition coefficient (Wildman–Crippen LogP) is 4.41. The Morgan fingerprint density at radius 1 is 1.17 bits per heavy atom. The Labute approximate surface area is 202 Å². The van der Waals surface area contributed by atoms with Crippen LogP contribution in [0.1, 0.15) is 34.3 Å². The molecule has 1 fully saturated rings. The number of aliphatic hydroxyl groups excluding tert-OH is 1. The van der Waals surface area contributed by atoms with Crippen molar-refractivity contribution in [2.45, 2.75) is 25.0 Å².